The monoisotopic (exact) mass is 168 g/mol. The number of carbonyl (C=O) groups excluding carboxylic acids is 1. The van der Waals surface area contributed by atoms with Crippen molar-refractivity contribution in [2.24, 2.45) is 0 Å². The normalized spacial score (nSPS) is 12.9. The van der Waals surface area contributed by atoms with E-state index in [1.807, 2.05) is 13.8 Å². The van der Waals surface area contributed by atoms with Gasteiger partial charge in [-0.3, -0.25) is 4.79 Å². The van der Waals surface area contributed by atoms with Crippen LogP contribution in [-0.4, -0.2) is 23.2 Å². The van der Waals surface area contributed by atoms with Crippen molar-refractivity contribution in [3.8, 4) is 0 Å². The van der Waals surface area contributed by atoms with Crippen LogP contribution in [0, 0.1) is 6.92 Å². The number of aromatic nitrogens is 2. The first kappa shape index (κ1) is 8.93. The molecule has 0 fully saturated rings. The molecule has 66 valence electrons. The second-order valence-corrected chi connectivity index (χ2v) is 2.61. The van der Waals surface area contributed by atoms with Crippen molar-refractivity contribution in [2.45, 2.75) is 20.1 Å². The lowest BCUT2D eigenvalue weighted by atomic mass is 10.4. The molecular weight excluding hydrogens is 156 g/mol. The summed E-state index contributed by atoms with van der Waals surface area (Å²) in [6.45, 7) is 3.67. The van der Waals surface area contributed by atoms with Gasteiger partial charge in [0.25, 0.3) is 0 Å². The fourth-order valence-electron chi connectivity index (χ4n) is 1.02. The molecule has 12 heavy (non-hydrogen) atoms. The van der Waals surface area contributed by atoms with Gasteiger partial charge >= 0.3 is 0 Å². The molecule has 0 saturated heterocycles. The Hall–Kier alpha value is -1.16. The third-order valence-corrected chi connectivity index (χ3v) is 1.69. The molecule has 0 aliphatic heterocycles. The number of hydrogen-bond acceptors (Lipinski definition) is 3. The fourth-order valence-corrected chi connectivity index (χ4v) is 1.02. The maximum absolute atomic E-state index is 10.5. The summed E-state index contributed by atoms with van der Waals surface area (Å²) >= 11 is 0. The van der Waals surface area contributed by atoms with E-state index < -0.39 is 0 Å². The molecule has 1 atom stereocenters. The fraction of sp³-hybridized carbons (Fsp3) is 0.500. The van der Waals surface area contributed by atoms with Crippen LogP contribution in [0.3, 0.4) is 0 Å². The molecule has 1 rings (SSSR count). The lowest BCUT2D eigenvalue weighted by molar-refractivity contribution is 0.0476. The molecule has 1 heterocycles. The van der Waals surface area contributed by atoms with Crippen molar-refractivity contribution in [1.29, 1.82) is 0 Å². The molecule has 4 nitrogen and oxygen atoms in total. The number of hydrogen-bond donors (Lipinski definition) is 0. The van der Waals surface area contributed by atoms with Crippen LogP contribution in [-0.2, 0) is 4.74 Å². The number of nitrogens with zero attached hydrogens (tertiary/aromatic N) is 2. The molecule has 0 amide bonds. The van der Waals surface area contributed by atoms with Gasteiger partial charge in [-0.15, -0.1) is 0 Å². The number of ether oxygens (including phenoxy) is 1. The van der Waals surface area contributed by atoms with Gasteiger partial charge < -0.3 is 4.74 Å². The van der Waals surface area contributed by atoms with Crippen LogP contribution in [0.5, 0.6) is 0 Å². The van der Waals surface area contributed by atoms with Gasteiger partial charge in [-0.25, -0.2) is 4.68 Å². The van der Waals surface area contributed by atoms with E-state index in [2.05, 4.69) is 5.10 Å². The molecular formula is C8H12N2O2. The second-order valence-electron chi connectivity index (χ2n) is 2.61. The van der Waals surface area contributed by atoms with Crippen LogP contribution in [0.15, 0.2) is 6.07 Å². The Bertz CT molecular complexity index is 281. The zero-order chi connectivity index (χ0) is 9.14. The van der Waals surface area contributed by atoms with E-state index in [0.717, 1.165) is 12.0 Å². The van der Waals surface area contributed by atoms with E-state index in [9.17, 15) is 4.79 Å². The molecule has 0 aromatic carbocycles. The maximum Gasteiger partial charge on any atom is 0.168 e. The van der Waals surface area contributed by atoms with Crippen LogP contribution >= 0.6 is 0 Å². The molecule has 0 aliphatic rings. The van der Waals surface area contributed by atoms with Crippen molar-refractivity contribution in [3.63, 3.8) is 0 Å². The molecule has 4 heteroatoms. The quantitative estimate of drug-likeness (QED) is 0.636. The van der Waals surface area contributed by atoms with Gasteiger partial charge in [-0.05, 0) is 19.9 Å². The van der Waals surface area contributed by atoms with E-state index in [-0.39, 0.29) is 6.23 Å². The number of aryl methyl sites for hydroxylation is 1. The Labute approximate surface area is 71.1 Å². The lowest BCUT2D eigenvalue weighted by Crippen LogP contribution is -2.11. The van der Waals surface area contributed by atoms with Crippen molar-refractivity contribution >= 4 is 6.29 Å². The summed E-state index contributed by atoms with van der Waals surface area (Å²) in [5.41, 5.74) is 1.36. The van der Waals surface area contributed by atoms with E-state index in [0.29, 0.717) is 5.69 Å². The Kier molecular flexibility index (Phi) is 2.60. The van der Waals surface area contributed by atoms with Gasteiger partial charge in [-0.1, -0.05) is 0 Å². The Balaban J connectivity index is 3.03. The Morgan fingerprint density at radius 2 is 2.42 bits per heavy atom. The largest absolute Gasteiger partial charge is 0.360 e. The van der Waals surface area contributed by atoms with Crippen LogP contribution in [0.4, 0.5) is 0 Å². The highest BCUT2D eigenvalue weighted by molar-refractivity contribution is 5.72. The summed E-state index contributed by atoms with van der Waals surface area (Å²) < 4.78 is 6.59. The first-order chi connectivity index (χ1) is 5.69. The van der Waals surface area contributed by atoms with E-state index in [4.69, 9.17) is 4.74 Å². The third kappa shape index (κ3) is 1.53. The number of methoxy groups -OCH3 is 1. The summed E-state index contributed by atoms with van der Waals surface area (Å²) in [6.07, 6.45) is 0.578. The highest BCUT2D eigenvalue weighted by atomic mass is 16.5. The zero-order valence-electron chi connectivity index (χ0n) is 7.44. The number of carbonyl (C=O) groups is 1. The van der Waals surface area contributed by atoms with Gasteiger partial charge in [-0.2, -0.15) is 5.10 Å². The minimum absolute atomic E-state index is 0.195. The van der Waals surface area contributed by atoms with Gasteiger partial charge in [0, 0.05) is 7.11 Å². The Morgan fingerprint density at radius 3 is 2.92 bits per heavy atom. The second kappa shape index (κ2) is 3.49. The average Bonchev–Trinajstić information content (AvgIpc) is 2.45. The lowest BCUT2D eigenvalue weighted by Gasteiger charge is -2.10. The Morgan fingerprint density at radius 1 is 1.75 bits per heavy atom. The van der Waals surface area contributed by atoms with Gasteiger partial charge in [0.05, 0.1) is 5.69 Å². The molecule has 0 aliphatic carbocycles. The zero-order valence-corrected chi connectivity index (χ0v) is 7.44. The molecule has 1 aromatic rings. The summed E-state index contributed by atoms with van der Waals surface area (Å²) in [7, 11) is 1.58. The molecule has 0 N–H and O–H groups in total. The topological polar surface area (TPSA) is 44.1 Å². The summed E-state index contributed by atoms with van der Waals surface area (Å²) in [6, 6.07) is 1.72. The molecule has 0 spiro atoms. The maximum atomic E-state index is 10.5. The van der Waals surface area contributed by atoms with Gasteiger partial charge in [0.2, 0.25) is 0 Å². The van der Waals surface area contributed by atoms with E-state index in [1.54, 1.807) is 17.9 Å². The average molecular weight is 168 g/mol. The van der Waals surface area contributed by atoms with Crippen LogP contribution in [0.25, 0.3) is 0 Å². The molecule has 0 bridgehead atoms. The summed E-state index contributed by atoms with van der Waals surface area (Å²) in [5.74, 6) is 0. The van der Waals surface area contributed by atoms with Crippen molar-refractivity contribution in [1.82, 2.24) is 9.78 Å². The first-order valence-electron chi connectivity index (χ1n) is 3.73. The van der Waals surface area contributed by atoms with Crippen LogP contribution in [0.2, 0.25) is 0 Å². The SMILES string of the molecule is COC(C)n1nc(C)cc1C=O. The highest BCUT2D eigenvalue weighted by Crippen LogP contribution is 2.09. The van der Waals surface area contributed by atoms with Gasteiger partial charge in [0.15, 0.2) is 6.29 Å². The van der Waals surface area contributed by atoms with Gasteiger partial charge in [0.1, 0.15) is 11.9 Å². The number of rotatable bonds is 3. The third-order valence-electron chi connectivity index (χ3n) is 1.69. The first-order valence-corrected chi connectivity index (χ1v) is 3.73. The minimum Gasteiger partial charge on any atom is -0.360 e. The predicted molar refractivity (Wildman–Crippen MR) is 44.1 cm³/mol. The van der Waals surface area contributed by atoms with Crippen molar-refractivity contribution in [2.75, 3.05) is 7.11 Å². The molecule has 1 aromatic heterocycles. The minimum atomic E-state index is -0.195. The highest BCUT2D eigenvalue weighted by Gasteiger charge is 2.09. The summed E-state index contributed by atoms with van der Waals surface area (Å²) in [4.78, 5) is 10.5. The standard InChI is InChI=1S/C8H12N2O2/c1-6-4-8(5-11)10(9-6)7(2)12-3/h4-5,7H,1-3H3. The molecule has 0 saturated carbocycles. The van der Waals surface area contributed by atoms with Crippen molar-refractivity contribution < 1.29 is 9.53 Å². The van der Waals surface area contributed by atoms with Crippen molar-refractivity contribution in [3.05, 3.63) is 17.5 Å². The predicted octanol–water partition coefficient (Wildman–Crippen LogP) is 1.17. The number of aldehydes is 1. The van der Waals surface area contributed by atoms with E-state index >= 15 is 0 Å². The molecule has 1 unspecified atom stereocenters. The molecule has 0 radical (unpaired) electrons. The van der Waals surface area contributed by atoms with Crippen LogP contribution < -0.4 is 0 Å². The van der Waals surface area contributed by atoms with Crippen LogP contribution in [0.1, 0.15) is 29.3 Å². The van der Waals surface area contributed by atoms with E-state index in [1.165, 1.54) is 0 Å². The smallest absolute Gasteiger partial charge is 0.168 e. The summed E-state index contributed by atoms with van der Waals surface area (Å²) in [5, 5.41) is 4.11.